The summed E-state index contributed by atoms with van der Waals surface area (Å²) in [6, 6.07) is 4.21. The monoisotopic (exact) mass is 336 g/mol. The predicted octanol–water partition coefficient (Wildman–Crippen LogP) is 3.21. The van der Waals surface area contributed by atoms with Gasteiger partial charge in [-0.15, -0.1) is 11.3 Å². The maximum absolute atomic E-state index is 12.4. The van der Waals surface area contributed by atoms with Crippen molar-refractivity contribution in [2.45, 2.75) is 53.0 Å². The lowest BCUT2D eigenvalue weighted by atomic mass is 9.95. The molecule has 0 unspecified atom stereocenters. The summed E-state index contributed by atoms with van der Waals surface area (Å²) >= 11 is 1.75. The molecule has 1 fully saturated rings. The van der Waals surface area contributed by atoms with Gasteiger partial charge in [-0.2, -0.15) is 0 Å². The number of hydrogen-bond donors (Lipinski definition) is 1. The summed E-state index contributed by atoms with van der Waals surface area (Å²) in [6.07, 6.45) is 3.68. The summed E-state index contributed by atoms with van der Waals surface area (Å²) in [6.45, 7) is 8.09. The third-order valence-corrected chi connectivity index (χ3v) is 5.87. The van der Waals surface area contributed by atoms with E-state index in [2.05, 4.69) is 24.4 Å². The fourth-order valence-electron chi connectivity index (χ4n) is 2.90. The van der Waals surface area contributed by atoms with Crippen LogP contribution in [0.5, 0.6) is 0 Å². The van der Waals surface area contributed by atoms with Gasteiger partial charge >= 0.3 is 0 Å². The SMILES string of the molecule is CCc1ccc(CNC(=O)[C@@H]2CCCN(C(=O)[C@H](C)CC)C2)s1. The summed E-state index contributed by atoms with van der Waals surface area (Å²) in [5, 5.41) is 3.04. The van der Waals surface area contributed by atoms with Crippen LogP contribution in [0.4, 0.5) is 0 Å². The van der Waals surface area contributed by atoms with Gasteiger partial charge in [0.05, 0.1) is 12.5 Å². The second-order valence-corrected chi connectivity index (χ2v) is 7.62. The minimum Gasteiger partial charge on any atom is -0.351 e. The van der Waals surface area contributed by atoms with E-state index in [9.17, 15) is 9.59 Å². The highest BCUT2D eigenvalue weighted by molar-refractivity contribution is 7.11. The van der Waals surface area contributed by atoms with Gasteiger partial charge in [-0.1, -0.05) is 20.8 Å². The molecule has 1 aliphatic heterocycles. The van der Waals surface area contributed by atoms with Crippen LogP contribution in [0.1, 0.15) is 49.8 Å². The molecule has 0 aliphatic carbocycles. The minimum absolute atomic E-state index is 0.0513. The molecule has 2 rings (SSSR count). The molecule has 1 saturated heterocycles. The molecule has 0 aromatic carbocycles. The number of carbonyl (C=O) groups is 2. The standard InChI is InChI=1S/C18H28N2O2S/c1-4-13(3)18(22)20-10-6-7-14(12-20)17(21)19-11-16-9-8-15(5-2)23-16/h8-9,13-14H,4-7,10-12H2,1-3H3,(H,19,21)/t13-,14-/m1/s1. The van der Waals surface area contributed by atoms with Crippen molar-refractivity contribution in [1.82, 2.24) is 10.2 Å². The molecule has 128 valence electrons. The van der Waals surface area contributed by atoms with Crippen molar-refractivity contribution in [3.63, 3.8) is 0 Å². The number of rotatable bonds is 6. The van der Waals surface area contributed by atoms with Crippen molar-refractivity contribution in [1.29, 1.82) is 0 Å². The molecule has 1 N–H and O–H groups in total. The summed E-state index contributed by atoms with van der Waals surface area (Å²) in [7, 11) is 0. The zero-order valence-corrected chi connectivity index (χ0v) is 15.2. The van der Waals surface area contributed by atoms with E-state index >= 15 is 0 Å². The Balaban J connectivity index is 1.85. The van der Waals surface area contributed by atoms with Crippen molar-refractivity contribution in [3.05, 3.63) is 21.9 Å². The van der Waals surface area contributed by atoms with E-state index in [-0.39, 0.29) is 23.7 Å². The van der Waals surface area contributed by atoms with Crippen LogP contribution in [0.3, 0.4) is 0 Å². The van der Waals surface area contributed by atoms with Gasteiger partial charge in [0, 0.05) is 28.8 Å². The van der Waals surface area contributed by atoms with E-state index in [1.54, 1.807) is 11.3 Å². The lowest BCUT2D eigenvalue weighted by Gasteiger charge is -2.33. The number of hydrogen-bond acceptors (Lipinski definition) is 3. The van der Waals surface area contributed by atoms with E-state index < -0.39 is 0 Å². The van der Waals surface area contributed by atoms with Crippen molar-refractivity contribution >= 4 is 23.2 Å². The molecule has 5 heteroatoms. The summed E-state index contributed by atoms with van der Waals surface area (Å²) in [4.78, 5) is 29.1. The average Bonchev–Trinajstić information content (AvgIpc) is 3.06. The maximum atomic E-state index is 12.4. The lowest BCUT2D eigenvalue weighted by Crippen LogP contribution is -2.46. The maximum Gasteiger partial charge on any atom is 0.225 e. The largest absolute Gasteiger partial charge is 0.351 e. The highest BCUT2D eigenvalue weighted by Gasteiger charge is 2.29. The minimum atomic E-state index is -0.0673. The Labute approximate surface area is 143 Å². The summed E-state index contributed by atoms with van der Waals surface area (Å²) < 4.78 is 0. The van der Waals surface area contributed by atoms with Crippen LogP contribution >= 0.6 is 11.3 Å². The lowest BCUT2D eigenvalue weighted by molar-refractivity contribution is -0.138. The van der Waals surface area contributed by atoms with Crippen LogP contribution in [0.2, 0.25) is 0 Å². The Morgan fingerprint density at radius 3 is 2.74 bits per heavy atom. The molecule has 1 aromatic rings. The smallest absolute Gasteiger partial charge is 0.225 e. The molecule has 2 amide bonds. The molecule has 4 nitrogen and oxygen atoms in total. The number of aryl methyl sites for hydroxylation is 1. The van der Waals surface area contributed by atoms with Crippen LogP contribution in [-0.2, 0) is 22.6 Å². The molecule has 2 atom stereocenters. The van der Waals surface area contributed by atoms with Crippen molar-refractivity contribution in [3.8, 4) is 0 Å². The quantitative estimate of drug-likeness (QED) is 0.867. The topological polar surface area (TPSA) is 49.4 Å². The average molecular weight is 337 g/mol. The second kappa shape index (κ2) is 8.48. The third kappa shape index (κ3) is 4.80. The Morgan fingerprint density at radius 2 is 2.09 bits per heavy atom. The Bertz CT molecular complexity index is 541. The van der Waals surface area contributed by atoms with Crippen LogP contribution in [-0.4, -0.2) is 29.8 Å². The molecule has 23 heavy (non-hydrogen) atoms. The summed E-state index contributed by atoms with van der Waals surface area (Å²) in [5.41, 5.74) is 0. The first kappa shape index (κ1) is 18.0. The first-order valence-electron chi connectivity index (χ1n) is 8.69. The zero-order valence-electron chi connectivity index (χ0n) is 14.4. The zero-order chi connectivity index (χ0) is 16.8. The number of likely N-dealkylation sites (tertiary alicyclic amines) is 1. The van der Waals surface area contributed by atoms with Gasteiger partial charge < -0.3 is 10.2 Å². The second-order valence-electron chi connectivity index (χ2n) is 6.37. The van der Waals surface area contributed by atoms with Gasteiger partial charge in [-0.3, -0.25) is 9.59 Å². The van der Waals surface area contributed by atoms with E-state index in [0.717, 1.165) is 32.2 Å². The molecule has 1 aliphatic rings. The van der Waals surface area contributed by atoms with Crippen LogP contribution in [0.15, 0.2) is 12.1 Å². The molecule has 0 spiro atoms. The number of thiophene rings is 1. The van der Waals surface area contributed by atoms with Crippen LogP contribution in [0, 0.1) is 11.8 Å². The molecule has 0 saturated carbocycles. The number of piperidine rings is 1. The third-order valence-electron chi connectivity index (χ3n) is 4.64. The van der Waals surface area contributed by atoms with Crippen molar-refractivity contribution in [2.24, 2.45) is 11.8 Å². The normalized spacial score (nSPS) is 19.4. The molecular formula is C18H28N2O2S. The molecule has 2 heterocycles. The van der Waals surface area contributed by atoms with Crippen LogP contribution in [0.25, 0.3) is 0 Å². The predicted molar refractivity (Wildman–Crippen MR) is 94.3 cm³/mol. The van der Waals surface area contributed by atoms with Crippen molar-refractivity contribution in [2.75, 3.05) is 13.1 Å². The van der Waals surface area contributed by atoms with E-state index in [0.29, 0.717) is 13.1 Å². The van der Waals surface area contributed by atoms with Gasteiger partial charge in [0.15, 0.2) is 0 Å². The Morgan fingerprint density at radius 1 is 1.35 bits per heavy atom. The summed E-state index contributed by atoms with van der Waals surface area (Å²) in [5.74, 6) is 0.256. The Kier molecular flexibility index (Phi) is 6.63. The van der Waals surface area contributed by atoms with E-state index in [1.165, 1.54) is 9.75 Å². The number of nitrogens with zero attached hydrogens (tertiary/aromatic N) is 1. The highest BCUT2D eigenvalue weighted by Crippen LogP contribution is 2.20. The molecule has 0 bridgehead atoms. The highest BCUT2D eigenvalue weighted by atomic mass is 32.1. The van der Waals surface area contributed by atoms with Gasteiger partial charge in [-0.05, 0) is 37.8 Å². The fourth-order valence-corrected chi connectivity index (χ4v) is 3.80. The van der Waals surface area contributed by atoms with Crippen molar-refractivity contribution < 1.29 is 9.59 Å². The first-order chi connectivity index (χ1) is 11.0. The number of amides is 2. The van der Waals surface area contributed by atoms with Gasteiger partial charge in [0.2, 0.25) is 11.8 Å². The van der Waals surface area contributed by atoms with Crippen LogP contribution < -0.4 is 5.32 Å². The fraction of sp³-hybridized carbons (Fsp3) is 0.667. The van der Waals surface area contributed by atoms with Gasteiger partial charge in [-0.25, -0.2) is 0 Å². The first-order valence-corrected chi connectivity index (χ1v) is 9.50. The van der Waals surface area contributed by atoms with Gasteiger partial charge in [0.1, 0.15) is 0 Å². The van der Waals surface area contributed by atoms with E-state index in [4.69, 9.17) is 0 Å². The molecule has 1 aromatic heterocycles. The Hall–Kier alpha value is -1.36. The molecular weight excluding hydrogens is 308 g/mol. The number of carbonyl (C=O) groups excluding carboxylic acids is 2. The van der Waals surface area contributed by atoms with Gasteiger partial charge in [0.25, 0.3) is 0 Å². The molecule has 0 radical (unpaired) electrons. The number of nitrogens with one attached hydrogen (secondary N) is 1. The van der Waals surface area contributed by atoms with E-state index in [1.807, 2.05) is 18.7 Å².